The summed E-state index contributed by atoms with van der Waals surface area (Å²) in [5, 5.41) is 17.0. The first-order valence-corrected chi connectivity index (χ1v) is 10.9. The van der Waals surface area contributed by atoms with Gasteiger partial charge in [-0.25, -0.2) is 18.9 Å². The predicted molar refractivity (Wildman–Crippen MR) is 124 cm³/mol. The van der Waals surface area contributed by atoms with Crippen LogP contribution in [0.5, 0.6) is 0 Å². The number of aryl methyl sites for hydroxylation is 1. The Balaban J connectivity index is 1.42. The highest BCUT2D eigenvalue weighted by molar-refractivity contribution is 5.88. The van der Waals surface area contributed by atoms with Crippen molar-refractivity contribution in [1.29, 1.82) is 0 Å². The lowest BCUT2D eigenvalue weighted by Gasteiger charge is -2.22. The van der Waals surface area contributed by atoms with Crippen molar-refractivity contribution >= 4 is 23.0 Å². The van der Waals surface area contributed by atoms with E-state index in [9.17, 15) is 14.3 Å². The molecule has 0 bridgehead atoms. The van der Waals surface area contributed by atoms with Crippen molar-refractivity contribution in [3.05, 3.63) is 77.3 Å². The van der Waals surface area contributed by atoms with Crippen molar-refractivity contribution in [2.24, 2.45) is 0 Å². The highest BCUT2D eigenvalue weighted by atomic mass is 19.1. The molecule has 9 heteroatoms. The number of carboxylic acid groups (broad SMARTS) is 1. The third kappa shape index (κ3) is 4.23. The first kappa shape index (κ1) is 21.7. The SMILES string of the molecule is Cc1cc(F)c(C(=O)O)cc1C#Cc1cnc2c(Nc3cnn(C4CCCCO4)c3)cccn12. The fraction of sp³-hybridized carbons (Fsp3) is 0.240. The van der Waals surface area contributed by atoms with E-state index < -0.39 is 17.3 Å². The molecule has 3 aromatic heterocycles. The van der Waals surface area contributed by atoms with Crippen molar-refractivity contribution in [3.8, 4) is 11.8 Å². The Hall–Kier alpha value is -4.16. The van der Waals surface area contributed by atoms with Crippen LogP contribution in [0.15, 0.2) is 49.1 Å². The van der Waals surface area contributed by atoms with Crippen molar-refractivity contribution in [3.63, 3.8) is 0 Å². The van der Waals surface area contributed by atoms with E-state index in [-0.39, 0.29) is 6.23 Å². The van der Waals surface area contributed by atoms with E-state index >= 15 is 0 Å². The molecule has 0 radical (unpaired) electrons. The third-order valence-electron chi connectivity index (χ3n) is 5.74. The number of carbonyl (C=O) groups is 1. The van der Waals surface area contributed by atoms with Gasteiger partial charge in [-0.05, 0) is 61.9 Å². The second kappa shape index (κ2) is 9.00. The molecular formula is C25H22FN5O3. The number of ether oxygens (including phenoxy) is 1. The van der Waals surface area contributed by atoms with Crippen LogP contribution >= 0.6 is 0 Å². The molecule has 1 unspecified atom stereocenters. The molecule has 1 aromatic carbocycles. The van der Waals surface area contributed by atoms with E-state index in [0.29, 0.717) is 22.5 Å². The van der Waals surface area contributed by atoms with Crippen LogP contribution in [0.25, 0.3) is 5.65 Å². The number of nitrogens with zero attached hydrogens (tertiary/aromatic N) is 4. The molecule has 0 spiro atoms. The lowest BCUT2D eigenvalue weighted by Crippen LogP contribution is -2.18. The maximum Gasteiger partial charge on any atom is 0.338 e. The van der Waals surface area contributed by atoms with Crippen LogP contribution in [-0.4, -0.2) is 36.8 Å². The van der Waals surface area contributed by atoms with E-state index in [1.807, 2.05) is 33.6 Å². The number of benzene rings is 1. The standard InChI is InChI=1S/C25H22FN5O3/c1-16-11-21(26)20(25(32)33)12-17(16)7-8-19-14-27-24-22(5-4-9-30(19)24)29-18-13-28-31(15-18)23-6-2-3-10-34-23/h4-5,9,11-15,23,29H,2-3,6,10H2,1H3,(H,32,33). The Kier molecular flexibility index (Phi) is 5.74. The van der Waals surface area contributed by atoms with Crippen molar-refractivity contribution in [1.82, 2.24) is 19.2 Å². The summed E-state index contributed by atoms with van der Waals surface area (Å²) in [7, 11) is 0. The number of hydrogen-bond donors (Lipinski definition) is 2. The van der Waals surface area contributed by atoms with Gasteiger partial charge in [0.25, 0.3) is 0 Å². The number of carboxylic acids is 1. The number of fused-ring (bicyclic) bond motifs is 1. The smallest absolute Gasteiger partial charge is 0.338 e. The molecule has 5 rings (SSSR count). The van der Waals surface area contributed by atoms with Gasteiger partial charge in [-0.15, -0.1) is 0 Å². The normalized spacial score (nSPS) is 15.6. The molecule has 1 aliphatic heterocycles. The minimum Gasteiger partial charge on any atom is -0.478 e. The Morgan fingerprint density at radius 3 is 2.97 bits per heavy atom. The molecule has 0 saturated carbocycles. The maximum absolute atomic E-state index is 13.9. The van der Waals surface area contributed by atoms with E-state index in [2.05, 4.69) is 27.2 Å². The zero-order valence-electron chi connectivity index (χ0n) is 18.5. The minimum absolute atomic E-state index is 0.0371. The Morgan fingerprint density at radius 1 is 1.29 bits per heavy atom. The second-order valence-corrected chi connectivity index (χ2v) is 8.12. The average Bonchev–Trinajstić information content (AvgIpc) is 3.47. The first-order chi connectivity index (χ1) is 16.5. The summed E-state index contributed by atoms with van der Waals surface area (Å²) < 4.78 is 23.3. The van der Waals surface area contributed by atoms with Crippen molar-refractivity contribution in [2.75, 3.05) is 11.9 Å². The van der Waals surface area contributed by atoms with Gasteiger partial charge in [-0.3, -0.25) is 4.40 Å². The average molecular weight is 459 g/mol. The van der Waals surface area contributed by atoms with Gasteiger partial charge in [0, 0.05) is 18.4 Å². The van der Waals surface area contributed by atoms with Crippen LogP contribution in [0.4, 0.5) is 15.8 Å². The minimum atomic E-state index is -1.33. The molecule has 8 nitrogen and oxygen atoms in total. The summed E-state index contributed by atoms with van der Waals surface area (Å²) in [6, 6.07) is 6.23. The van der Waals surface area contributed by atoms with Gasteiger partial charge < -0.3 is 15.2 Å². The molecule has 0 amide bonds. The highest BCUT2D eigenvalue weighted by Crippen LogP contribution is 2.26. The number of nitrogens with one attached hydrogen (secondary N) is 1. The Bertz CT molecular complexity index is 1440. The summed E-state index contributed by atoms with van der Waals surface area (Å²) in [6.07, 6.45) is 10.3. The molecular weight excluding hydrogens is 437 g/mol. The van der Waals surface area contributed by atoms with Gasteiger partial charge in [0.1, 0.15) is 17.7 Å². The van der Waals surface area contributed by atoms with E-state index in [1.54, 1.807) is 19.3 Å². The van der Waals surface area contributed by atoms with E-state index in [1.165, 1.54) is 12.1 Å². The molecule has 172 valence electrons. The van der Waals surface area contributed by atoms with Gasteiger partial charge >= 0.3 is 5.97 Å². The number of hydrogen-bond acceptors (Lipinski definition) is 5. The summed E-state index contributed by atoms with van der Waals surface area (Å²) in [6.45, 7) is 2.44. The Morgan fingerprint density at radius 2 is 2.18 bits per heavy atom. The summed E-state index contributed by atoms with van der Waals surface area (Å²) in [5.41, 5.74) is 3.50. The van der Waals surface area contributed by atoms with Crippen LogP contribution in [0, 0.1) is 24.6 Å². The predicted octanol–water partition coefficient (Wildman–Crippen LogP) is 4.52. The number of imidazole rings is 1. The maximum atomic E-state index is 13.9. The number of aromatic carboxylic acids is 1. The van der Waals surface area contributed by atoms with Gasteiger partial charge in [-0.2, -0.15) is 5.10 Å². The molecule has 4 aromatic rings. The van der Waals surface area contributed by atoms with Gasteiger partial charge in [0.05, 0.1) is 35.5 Å². The van der Waals surface area contributed by atoms with Gasteiger partial charge in [0.2, 0.25) is 0 Å². The van der Waals surface area contributed by atoms with Crippen LogP contribution in [0.2, 0.25) is 0 Å². The zero-order chi connectivity index (χ0) is 23.7. The highest BCUT2D eigenvalue weighted by Gasteiger charge is 2.17. The van der Waals surface area contributed by atoms with Crippen molar-refractivity contribution < 1.29 is 19.0 Å². The molecule has 1 aliphatic rings. The molecule has 4 heterocycles. The van der Waals surface area contributed by atoms with E-state index in [0.717, 1.165) is 37.2 Å². The van der Waals surface area contributed by atoms with Gasteiger partial charge in [-0.1, -0.05) is 5.92 Å². The molecule has 1 saturated heterocycles. The van der Waals surface area contributed by atoms with Gasteiger partial charge in [0.15, 0.2) is 5.65 Å². The zero-order valence-corrected chi connectivity index (χ0v) is 18.5. The molecule has 0 aliphatic carbocycles. The molecule has 1 atom stereocenters. The number of halogens is 1. The van der Waals surface area contributed by atoms with Crippen LogP contribution in [0.3, 0.4) is 0 Å². The number of aromatic nitrogens is 4. The quantitative estimate of drug-likeness (QED) is 0.436. The summed E-state index contributed by atoms with van der Waals surface area (Å²) in [5.74, 6) is 3.87. The summed E-state index contributed by atoms with van der Waals surface area (Å²) in [4.78, 5) is 15.7. The molecule has 2 N–H and O–H groups in total. The first-order valence-electron chi connectivity index (χ1n) is 10.9. The van der Waals surface area contributed by atoms with Crippen LogP contribution in [-0.2, 0) is 4.74 Å². The van der Waals surface area contributed by atoms with Crippen LogP contribution < -0.4 is 5.32 Å². The number of rotatable bonds is 4. The van der Waals surface area contributed by atoms with E-state index in [4.69, 9.17) is 4.74 Å². The number of anilines is 2. The largest absolute Gasteiger partial charge is 0.478 e. The monoisotopic (exact) mass is 459 g/mol. The molecule has 1 fully saturated rings. The van der Waals surface area contributed by atoms with Crippen molar-refractivity contribution in [2.45, 2.75) is 32.4 Å². The summed E-state index contributed by atoms with van der Waals surface area (Å²) >= 11 is 0. The lowest BCUT2D eigenvalue weighted by atomic mass is 10.0. The molecule has 34 heavy (non-hydrogen) atoms. The lowest BCUT2D eigenvalue weighted by molar-refractivity contribution is -0.0394. The Labute approximate surface area is 195 Å². The second-order valence-electron chi connectivity index (χ2n) is 8.12. The topological polar surface area (TPSA) is 93.7 Å². The number of pyridine rings is 1. The van der Waals surface area contributed by atoms with Crippen LogP contribution in [0.1, 0.15) is 52.7 Å². The third-order valence-corrected chi connectivity index (χ3v) is 5.74. The fourth-order valence-electron chi connectivity index (χ4n) is 3.95. The fourth-order valence-corrected chi connectivity index (χ4v) is 3.95.